The Morgan fingerprint density at radius 1 is 1.36 bits per heavy atom. The standard InChI is InChI=1S/C16H24N2O5S2/c1-2-16(10-19)4-7-18(8-5-16)25(22,23)15-13(14(20)21)11-3-6-17-9-12(11)24-15/h17,19H,2-10H2,1H3,(H,20,21). The third kappa shape index (κ3) is 3.23. The molecule has 0 saturated carbocycles. The number of aliphatic hydroxyl groups is 1. The van der Waals surface area contributed by atoms with E-state index in [9.17, 15) is 23.4 Å². The zero-order valence-electron chi connectivity index (χ0n) is 14.2. The van der Waals surface area contributed by atoms with Crippen molar-refractivity contribution >= 4 is 27.3 Å². The van der Waals surface area contributed by atoms with Crippen LogP contribution in [0, 0.1) is 5.41 Å². The highest BCUT2D eigenvalue weighted by molar-refractivity contribution is 7.91. The van der Waals surface area contributed by atoms with Crippen LogP contribution in [0.25, 0.3) is 0 Å². The van der Waals surface area contributed by atoms with Crippen molar-refractivity contribution in [3.05, 3.63) is 16.0 Å². The van der Waals surface area contributed by atoms with Crippen LogP contribution in [0.2, 0.25) is 0 Å². The van der Waals surface area contributed by atoms with Gasteiger partial charge in [0.05, 0.1) is 5.56 Å². The van der Waals surface area contributed by atoms with E-state index in [2.05, 4.69) is 5.32 Å². The Hall–Kier alpha value is -1.00. The largest absolute Gasteiger partial charge is 0.478 e. The molecule has 0 atom stereocenters. The van der Waals surface area contributed by atoms with Crippen molar-refractivity contribution in [1.82, 2.24) is 9.62 Å². The van der Waals surface area contributed by atoms with E-state index in [4.69, 9.17) is 0 Å². The second kappa shape index (κ2) is 6.96. The number of hydrogen-bond acceptors (Lipinski definition) is 6. The van der Waals surface area contributed by atoms with Gasteiger partial charge in [-0.05, 0) is 43.2 Å². The van der Waals surface area contributed by atoms with E-state index < -0.39 is 16.0 Å². The van der Waals surface area contributed by atoms with Crippen LogP contribution in [0.3, 0.4) is 0 Å². The number of nitrogens with one attached hydrogen (secondary N) is 1. The second-order valence-electron chi connectivity index (χ2n) is 6.81. The highest BCUT2D eigenvalue weighted by Crippen LogP contribution is 2.40. The summed E-state index contributed by atoms with van der Waals surface area (Å²) in [5.41, 5.74) is 0.390. The Morgan fingerprint density at radius 2 is 2.04 bits per heavy atom. The lowest BCUT2D eigenvalue weighted by molar-refractivity contribution is 0.0646. The molecule has 0 radical (unpaired) electrons. The van der Waals surface area contributed by atoms with Crippen molar-refractivity contribution in [3.63, 3.8) is 0 Å². The molecular formula is C16H24N2O5S2. The lowest BCUT2D eigenvalue weighted by atomic mass is 9.77. The summed E-state index contributed by atoms with van der Waals surface area (Å²) in [6, 6.07) is 0. The molecule has 7 nitrogen and oxygen atoms in total. The van der Waals surface area contributed by atoms with Crippen LogP contribution in [0.5, 0.6) is 0 Å². The van der Waals surface area contributed by atoms with Crippen molar-refractivity contribution in [2.24, 2.45) is 5.41 Å². The number of carboxylic acid groups (broad SMARTS) is 1. The van der Waals surface area contributed by atoms with E-state index in [0.717, 1.165) is 22.6 Å². The third-order valence-corrected chi connectivity index (χ3v) is 9.18. The predicted octanol–water partition coefficient (Wildman–Crippen LogP) is 1.27. The molecule has 3 rings (SSSR count). The fourth-order valence-corrected chi connectivity index (χ4v) is 7.09. The Labute approximate surface area is 151 Å². The summed E-state index contributed by atoms with van der Waals surface area (Å²) in [6.45, 7) is 3.86. The molecule has 2 aliphatic rings. The normalized spacial score (nSPS) is 21.0. The van der Waals surface area contributed by atoms with Gasteiger partial charge in [0.25, 0.3) is 10.0 Å². The second-order valence-corrected chi connectivity index (χ2v) is 10.1. The predicted molar refractivity (Wildman–Crippen MR) is 94.5 cm³/mol. The summed E-state index contributed by atoms with van der Waals surface area (Å²) in [6.07, 6.45) is 2.52. The fraction of sp³-hybridized carbons (Fsp3) is 0.688. The van der Waals surface area contributed by atoms with Gasteiger partial charge in [0.1, 0.15) is 4.21 Å². The summed E-state index contributed by atoms with van der Waals surface area (Å²) in [5.74, 6) is -1.17. The molecule has 0 unspecified atom stereocenters. The maximum Gasteiger partial charge on any atom is 0.338 e. The molecule has 9 heteroatoms. The Balaban J connectivity index is 1.94. The first-order chi connectivity index (χ1) is 11.8. The van der Waals surface area contributed by atoms with Gasteiger partial charge >= 0.3 is 5.97 Å². The molecule has 0 spiro atoms. The fourth-order valence-electron chi connectivity index (χ4n) is 3.65. The maximum absolute atomic E-state index is 13.1. The average Bonchev–Trinajstić information content (AvgIpc) is 3.02. The summed E-state index contributed by atoms with van der Waals surface area (Å²) in [4.78, 5) is 12.6. The number of aromatic carboxylic acids is 1. The van der Waals surface area contributed by atoms with Crippen molar-refractivity contribution in [3.8, 4) is 0 Å². The van der Waals surface area contributed by atoms with Crippen molar-refractivity contribution in [1.29, 1.82) is 0 Å². The van der Waals surface area contributed by atoms with E-state index in [0.29, 0.717) is 51.0 Å². The molecule has 0 bridgehead atoms. The number of hydrogen-bond donors (Lipinski definition) is 3. The highest BCUT2D eigenvalue weighted by Gasteiger charge is 2.40. The molecule has 1 fully saturated rings. The number of sulfonamides is 1. The van der Waals surface area contributed by atoms with Gasteiger partial charge in [0.2, 0.25) is 0 Å². The number of carbonyl (C=O) groups is 1. The first kappa shape index (κ1) is 18.8. The first-order valence-corrected chi connectivity index (χ1v) is 10.8. The molecule has 1 aromatic rings. The minimum Gasteiger partial charge on any atom is -0.478 e. The lowest BCUT2D eigenvalue weighted by Crippen LogP contribution is -2.44. The van der Waals surface area contributed by atoms with Gasteiger partial charge in [-0.1, -0.05) is 6.92 Å². The van der Waals surface area contributed by atoms with Crippen molar-refractivity contribution < 1.29 is 23.4 Å². The number of aliphatic hydroxyl groups excluding tert-OH is 1. The average molecular weight is 389 g/mol. The Bertz CT molecular complexity index is 758. The van der Waals surface area contributed by atoms with E-state index in [1.807, 2.05) is 6.92 Å². The van der Waals surface area contributed by atoms with Crippen LogP contribution in [0.15, 0.2) is 4.21 Å². The topological polar surface area (TPSA) is 107 Å². The maximum atomic E-state index is 13.1. The molecule has 3 heterocycles. The lowest BCUT2D eigenvalue weighted by Gasteiger charge is -2.39. The van der Waals surface area contributed by atoms with Crippen molar-refractivity contribution in [2.75, 3.05) is 26.2 Å². The van der Waals surface area contributed by atoms with Gasteiger partial charge in [-0.25, -0.2) is 13.2 Å². The van der Waals surface area contributed by atoms with Crippen LogP contribution in [0.4, 0.5) is 0 Å². The zero-order chi connectivity index (χ0) is 18.2. The van der Waals surface area contributed by atoms with Gasteiger partial charge in [0.15, 0.2) is 0 Å². The number of fused-ring (bicyclic) bond motifs is 1. The zero-order valence-corrected chi connectivity index (χ0v) is 15.9. The van der Waals surface area contributed by atoms with Crippen LogP contribution in [-0.4, -0.2) is 55.1 Å². The number of rotatable bonds is 5. The molecule has 25 heavy (non-hydrogen) atoms. The van der Waals surface area contributed by atoms with Gasteiger partial charge in [-0.3, -0.25) is 0 Å². The van der Waals surface area contributed by atoms with E-state index in [-0.39, 0.29) is 21.8 Å². The molecule has 140 valence electrons. The van der Waals surface area contributed by atoms with Crippen LogP contribution in [-0.2, 0) is 23.0 Å². The minimum atomic E-state index is -3.84. The number of nitrogens with zero attached hydrogens (tertiary/aromatic N) is 1. The number of thiophene rings is 1. The van der Waals surface area contributed by atoms with Crippen LogP contribution < -0.4 is 5.32 Å². The van der Waals surface area contributed by atoms with Gasteiger partial charge in [-0.2, -0.15) is 4.31 Å². The van der Waals surface area contributed by atoms with Crippen LogP contribution in [0.1, 0.15) is 47.0 Å². The van der Waals surface area contributed by atoms with Crippen molar-refractivity contribution in [2.45, 2.75) is 43.4 Å². The quantitative estimate of drug-likeness (QED) is 0.701. The summed E-state index contributed by atoms with van der Waals surface area (Å²) in [7, 11) is -3.84. The van der Waals surface area contributed by atoms with E-state index in [1.165, 1.54) is 4.31 Å². The monoisotopic (exact) mass is 388 g/mol. The number of carboxylic acids is 1. The van der Waals surface area contributed by atoms with Gasteiger partial charge in [0, 0.05) is 31.1 Å². The van der Waals surface area contributed by atoms with E-state index in [1.54, 1.807) is 0 Å². The van der Waals surface area contributed by atoms with E-state index >= 15 is 0 Å². The first-order valence-electron chi connectivity index (χ1n) is 8.54. The summed E-state index contributed by atoms with van der Waals surface area (Å²) >= 11 is 1.08. The molecule has 2 aliphatic heterocycles. The molecule has 0 amide bonds. The smallest absolute Gasteiger partial charge is 0.338 e. The SMILES string of the molecule is CCC1(CO)CCN(S(=O)(=O)c2sc3c(c2C(=O)O)CCNC3)CC1. The van der Waals surface area contributed by atoms with Gasteiger partial charge in [-0.15, -0.1) is 11.3 Å². The summed E-state index contributed by atoms with van der Waals surface area (Å²) < 4.78 is 27.6. The third-order valence-electron chi connectivity index (χ3n) is 5.55. The minimum absolute atomic E-state index is 0.0401. The number of piperidine rings is 1. The highest BCUT2D eigenvalue weighted by atomic mass is 32.2. The molecule has 3 N–H and O–H groups in total. The molecule has 0 aromatic carbocycles. The molecule has 1 aromatic heterocycles. The Kier molecular flexibility index (Phi) is 5.23. The molecule has 1 saturated heterocycles. The Morgan fingerprint density at radius 3 is 2.60 bits per heavy atom. The summed E-state index contributed by atoms with van der Waals surface area (Å²) in [5, 5.41) is 22.4. The van der Waals surface area contributed by atoms with Gasteiger partial charge < -0.3 is 15.5 Å². The molecular weight excluding hydrogens is 364 g/mol. The van der Waals surface area contributed by atoms with Crippen LogP contribution >= 0.6 is 11.3 Å². The molecule has 0 aliphatic carbocycles.